The van der Waals surface area contributed by atoms with Gasteiger partial charge in [0.25, 0.3) is 0 Å². The van der Waals surface area contributed by atoms with Crippen LogP contribution in [-0.2, 0) is 9.84 Å². The minimum absolute atomic E-state index is 0.0936. The van der Waals surface area contributed by atoms with Crippen LogP contribution in [0.4, 0.5) is 5.82 Å². The van der Waals surface area contributed by atoms with Crippen molar-refractivity contribution in [1.29, 1.82) is 0 Å². The molecule has 0 atom stereocenters. The molecule has 1 N–H and O–H groups in total. The number of fused-ring (bicyclic) bond motifs is 1. The minimum atomic E-state index is -3.41. The highest BCUT2D eigenvalue weighted by molar-refractivity contribution is 7.91. The number of nitrogens with zero attached hydrogens (tertiary/aromatic N) is 5. The average molecular weight is 388 g/mol. The highest BCUT2D eigenvalue weighted by atomic mass is 32.2. The average Bonchev–Trinajstić information content (AvgIpc) is 3.12. The third-order valence-electron chi connectivity index (χ3n) is 5.03. The maximum Gasteiger partial charge on any atom is 0.316 e. The Morgan fingerprint density at radius 1 is 1.22 bits per heavy atom. The first-order chi connectivity index (χ1) is 13.0. The number of nitrogens with one attached hydrogen (secondary N) is 1. The molecule has 0 aliphatic heterocycles. The molecule has 0 aromatic carbocycles. The van der Waals surface area contributed by atoms with Gasteiger partial charge in [0, 0.05) is 19.3 Å². The second-order valence-electron chi connectivity index (χ2n) is 6.73. The van der Waals surface area contributed by atoms with E-state index in [1.807, 2.05) is 19.3 Å². The number of hydrogen-bond donors (Lipinski definition) is 1. The summed E-state index contributed by atoms with van der Waals surface area (Å²) in [6.07, 6.45) is 7.56. The molecule has 0 spiro atoms. The largest absolute Gasteiger partial charge is 0.467 e. The van der Waals surface area contributed by atoms with Crippen LogP contribution in [0.25, 0.3) is 11.0 Å². The van der Waals surface area contributed by atoms with Gasteiger partial charge < -0.3 is 14.6 Å². The van der Waals surface area contributed by atoms with Gasteiger partial charge in [0.15, 0.2) is 9.84 Å². The van der Waals surface area contributed by atoms with E-state index in [0.29, 0.717) is 0 Å². The van der Waals surface area contributed by atoms with Gasteiger partial charge in [-0.3, -0.25) is 0 Å². The van der Waals surface area contributed by atoms with Crippen molar-refractivity contribution >= 4 is 26.7 Å². The lowest BCUT2D eigenvalue weighted by Crippen LogP contribution is -2.45. The predicted octanol–water partition coefficient (Wildman–Crippen LogP) is 1.45. The normalized spacial score (nSPS) is 19.6. The predicted molar refractivity (Wildman–Crippen MR) is 99.4 cm³/mol. The van der Waals surface area contributed by atoms with Gasteiger partial charge in [-0.1, -0.05) is 0 Å². The number of hydrogen-bond acceptors (Lipinski definition) is 8. The summed E-state index contributed by atoms with van der Waals surface area (Å²) in [6.45, 7) is 0. The molecule has 3 heterocycles. The first kappa shape index (κ1) is 17.7. The number of rotatable bonds is 6. The zero-order chi connectivity index (χ0) is 19.0. The quantitative estimate of drug-likeness (QED) is 0.675. The van der Waals surface area contributed by atoms with Crippen molar-refractivity contribution in [3.8, 4) is 6.01 Å². The fourth-order valence-electron chi connectivity index (χ4n) is 3.44. The van der Waals surface area contributed by atoms with Crippen molar-refractivity contribution in [2.45, 2.75) is 23.8 Å². The van der Waals surface area contributed by atoms with E-state index in [4.69, 9.17) is 4.74 Å². The molecule has 10 heteroatoms. The zero-order valence-corrected chi connectivity index (χ0v) is 15.8. The van der Waals surface area contributed by atoms with Crippen LogP contribution in [0, 0.1) is 5.92 Å². The summed E-state index contributed by atoms with van der Waals surface area (Å²) in [5.74, 6) is 1.06. The van der Waals surface area contributed by atoms with E-state index in [0.717, 1.165) is 29.7 Å². The van der Waals surface area contributed by atoms with Gasteiger partial charge in [-0.05, 0) is 24.8 Å². The van der Waals surface area contributed by atoms with Crippen molar-refractivity contribution in [3.05, 3.63) is 31.0 Å². The van der Waals surface area contributed by atoms with Crippen LogP contribution in [0.15, 0.2) is 35.9 Å². The Balaban J connectivity index is 1.41. The Hall–Kier alpha value is -2.75. The van der Waals surface area contributed by atoms with Crippen LogP contribution in [0.1, 0.15) is 12.8 Å². The third-order valence-corrected chi connectivity index (χ3v) is 6.87. The van der Waals surface area contributed by atoms with Crippen LogP contribution in [-0.4, -0.2) is 59.3 Å². The molecule has 3 aromatic rings. The van der Waals surface area contributed by atoms with Gasteiger partial charge in [-0.2, -0.15) is 0 Å². The van der Waals surface area contributed by atoms with Gasteiger partial charge in [0.1, 0.15) is 22.7 Å². The second kappa shape index (κ2) is 6.76. The van der Waals surface area contributed by atoms with E-state index in [1.165, 1.54) is 25.8 Å². The van der Waals surface area contributed by atoms with Crippen molar-refractivity contribution in [3.63, 3.8) is 0 Å². The molecule has 0 amide bonds. The standard InChI is InChI=1S/C17H20N6O3S/c1-23(16-14-3-4-18-15(14)21-10-22-16)12-5-11(6-12)9-27(24,25)13-7-19-17(26-2)20-8-13/h3-4,7-8,10-12H,5-6,9H2,1-2H3,(H,18,21,22)/t11-,12+. The summed E-state index contributed by atoms with van der Waals surface area (Å²) in [5.41, 5.74) is 0.796. The summed E-state index contributed by atoms with van der Waals surface area (Å²) >= 11 is 0. The van der Waals surface area contributed by atoms with Crippen LogP contribution in [0.3, 0.4) is 0 Å². The molecule has 3 aromatic heterocycles. The number of anilines is 1. The summed E-state index contributed by atoms with van der Waals surface area (Å²) in [6, 6.07) is 2.36. The van der Waals surface area contributed by atoms with Gasteiger partial charge in [0.05, 0.1) is 30.6 Å². The Bertz CT molecular complexity index is 1040. The lowest BCUT2D eigenvalue weighted by Gasteiger charge is -2.41. The third kappa shape index (κ3) is 3.32. The lowest BCUT2D eigenvalue weighted by molar-refractivity contribution is 0.282. The first-order valence-electron chi connectivity index (χ1n) is 8.57. The molecule has 9 nitrogen and oxygen atoms in total. The molecule has 0 unspecified atom stereocenters. The molecule has 0 radical (unpaired) electrons. The maximum atomic E-state index is 12.6. The zero-order valence-electron chi connectivity index (χ0n) is 15.0. The molecule has 0 bridgehead atoms. The monoisotopic (exact) mass is 388 g/mol. The molecule has 1 fully saturated rings. The summed E-state index contributed by atoms with van der Waals surface area (Å²) in [7, 11) is 0.0109. The van der Waals surface area contributed by atoms with Crippen LogP contribution in [0.5, 0.6) is 6.01 Å². The van der Waals surface area contributed by atoms with Crippen LogP contribution < -0.4 is 9.64 Å². The van der Waals surface area contributed by atoms with Crippen molar-refractivity contribution in [2.75, 3.05) is 24.8 Å². The number of ether oxygens (including phenoxy) is 1. The number of aromatic nitrogens is 5. The molecule has 1 aliphatic rings. The number of sulfone groups is 1. The fourth-order valence-corrected chi connectivity index (χ4v) is 4.95. The molecule has 142 valence electrons. The van der Waals surface area contributed by atoms with Crippen LogP contribution in [0.2, 0.25) is 0 Å². The molecule has 4 rings (SSSR count). The topological polar surface area (TPSA) is 114 Å². The summed E-state index contributed by atoms with van der Waals surface area (Å²) in [5, 5.41) is 0.964. The Labute approximate surface area is 156 Å². The Kier molecular flexibility index (Phi) is 4.42. The molecule has 1 saturated carbocycles. The van der Waals surface area contributed by atoms with E-state index in [1.54, 1.807) is 0 Å². The number of H-pyrrole nitrogens is 1. The minimum Gasteiger partial charge on any atom is -0.467 e. The molecular formula is C17H20N6O3S. The van der Waals surface area contributed by atoms with Gasteiger partial charge in [-0.25, -0.2) is 28.4 Å². The SMILES string of the molecule is COc1ncc(S(=O)(=O)C[C@H]2C[C@@H](N(C)c3ncnc4[nH]ccc34)C2)cn1. The molecule has 1 aliphatic carbocycles. The van der Waals surface area contributed by atoms with Crippen molar-refractivity contribution in [2.24, 2.45) is 5.92 Å². The van der Waals surface area contributed by atoms with Gasteiger partial charge in [-0.15, -0.1) is 0 Å². The first-order valence-corrected chi connectivity index (χ1v) is 10.2. The van der Waals surface area contributed by atoms with E-state index in [2.05, 4.69) is 29.8 Å². The fraction of sp³-hybridized carbons (Fsp3) is 0.412. The van der Waals surface area contributed by atoms with Crippen molar-refractivity contribution in [1.82, 2.24) is 24.9 Å². The number of aromatic amines is 1. The van der Waals surface area contributed by atoms with E-state index >= 15 is 0 Å². The summed E-state index contributed by atoms with van der Waals surface area (Å²) in [4.78, 5) is 21.7. The highest BCUT2D eigenvalue weighted by Gasteiger charge is 2.36. The van der Waals surface area contributed by atoms with E-state index in [9.17, 15) is 8.42 Å². The highest BCUT2D eigenvalue weighted by Crippen LogP contribution is 2.36. The molecule has 0 saturated heterocycles. The van der Waals surface area contributed by atoms with E-state index in [-0.39, 0.29) is 28.6 Å². The Morgan fingerprint density at radius 3 is 2.67 bits per heavy atom. The molecule has 27 heavy (non-hydrogen) atoms. The second-order valence-corrected chi connectivity index (χ2v) is 8.76. The number of methoxy groups -OCH3 is 1. The van der Waals surface area contributed by atoms with E-state index < -0.39 is 9.84 Å². The summed E-state index contributed by atoms with van der Waals surface area (Å²) < 4.78 is 30.0. The Morgan fingerprint density at radius 2 is 1.96 bits per heavy atom. The molecular weight excluding hydrogens is 368 g/mol. The van der Waals surface area contributed by atoms with Crippen LogP contribution >= 0.6 is 0 Å². The van der Waals surface area contributed by atoms with Crippen molar-refractivity contribution < 1.29 is 13.2 Å². The smallest absolute Gasteiger partial charge is 0.316 e. The maximum absolute atomic E-state index is 12.6. The van der Waals surface area contributed by atoms with Gasteiger partial charge >= 0.3 is 6.01 Å². The lowest BCUT2D eigenvalue weighted by atomic mass is 9.81. The van der Waals surface area contributed by atoms with Gasteiger partial charge in [0.2, 0.25) is 0 Å².